The van der Waals surface area contributed by atoms with E-state index in [1.165, 1.54) is 5.56 Å². The molecule has 0 aliphatic carbocycles. The molecule has 0 saturated carbocycles. The second kappa shape index (κ2) is 7.61. The van der Waals surface area contributed by atoms with Gasteiger partial charge < -0.3 is 10.1 Å². The van der Waals surface area contributed by atoms with Gasteiger partial charge in [-0.2, -0.15) is 5.10 Å². The smallest absolute Gasteiger partial charge is 0.126 e. The first kappa shape index (κ1) is 16.0. The summed E-state index contributed by atoms with van der Waals surface area (Å²) >= 11 is 3.56. The van der Waals surface area contributed by atoms with Crippen LogP contribution in [0.25, 0.3) is 0 Å². The monoisotopic (exact) mass is 351 g/mol. The third kappa shape index (κ3) is 4.86. The average Bonchev–Trinajstić information content (AvgIpc) is 2.92. The fourth-order valence-corrected chi connectivity index (χ4v) is 2.74. The fraction of sp³-hybridized carbons (Fsp3) is 0.438. The summed E-state index contributed by atoms with van der Waals surface area (Å²) in [5.41, 5.74) is 2.32. The van der Waals surface area contributed by atoms with Crippen molar-refractivity contribution in [1.29, 1.82) is 0 Å². The largest absolute Gasteiger partial charge is 0.491 e. The Kier molecular flexibility index (Phi) is 5.82. The predicted octanol–water partition coefficient (Wildman–Crippen LogP) is 3.53. The van der Waals surface area contributed by atoms with Crippen molar-refractivity contribution in [2.24, 2.45) is 0 Å². The van der Waals surface area contributed by atoms with Gasteiger partial charge in [0.2, 0.25) is 0 Å². The van der Waals surface area contributed by atoms with Crippen molar-refractivity contribution in [1.82, 2.24) is 15.1 Å². The molecule has 1 aromatic heterocycles. The molecule has 0 spiro atoms. The van der Waals surface area contributed by atoms with E-state index in [0.717, 1.165) is 28.9 Å². The Labute approximate surface area is 134 Å². The summed E-state index contributed by atoms with van der Waals surface area (Å²) in [5, 5.41) is 7.62. The summed E-state index contributed by atoms with van der Waals surface area (Å²) in [5.74, 6) is 0.971. The molecule has 0 aliphatic heterocycles. The van der Waals surface area contributed by atoms with Gasteiger partial charge in [-0.1, -0.05) is 29.8 Å². The lowest BCUT2D eigenvalue weighted by Gasteiger charge is -2.16. The molecule has 4 nitrogen and oxygen atoms in total. The van der Waals surface area contributed by atoms with Gasteiger partial charge in [0.05, 0.1) is 6.54 Å². The molecule has 0 unspecified atom stereocenters. The average molecular weight is 352 g/mol. The third-order valence-corrected chi connectivity index (χ3v) is 3.60. The van der Waals surface area contributed by atoms with E-state index < -0.39 is 0 Å². The Balaban J connectivity index is 2.05. The van der Waals surface area contributed by atoms with Gasteiger partial charge in [0.25, 0.3) is 0 Å². The van der Waals surface area contributed by atoms with E-state index in [-0.39, 0.29) is 0 Å². The van der Waals surface area contributed by atoms with Crippen molar-refractivity contribution in [3.8, 4) is 5.75 Å². The highest BCUT2D eigenvalue weighted by Crippen LogP contribution is 2.28. The summed E-state index contributed by atoms with van der Waals surface area (Å²) in [7, 11) is 0. The van der Waals surface area contributed by atoms with Crippen molar-refractivity contribution >= 4 is 15.9 Å². The summed E-state index contributed by atoms with van der Waals surface area (Å²) in [6.45, 7) is 8.52. The Morgan fingerprint density at radius 3 is 2.86 bits per heavy atom. The van der Waals surface area contributed by atoms with Gasteiger partial charge >= 0.3 is 0 Å². The maximum Gasteiger partial charge on any atom is 0.126 e. The summed E-state index contributed by atoms with van der Waals surface area (Å²) in [6.07, 6.45) is 3.72. The van der Waals surface area contributed by atoms with Crippen LogP contribution in [-0.2, 0) is 13.1 Å². The number of rotatable bonds is 7. The molecule has 0 aliphatic rings. The number of nitrogens with zero attached hydrogens (tertiary/aromatic N) is 2. The summed E-state index contributed by atoms with van der Waals surface area (Å²) < 4.78 is 8.97. The van der Waals surface area contributed by atoms with Crippen molar-refractivity contribution in [3.05, 3.63) is 46.2 Å². The van der Waals surface area contributed by atoms with Crippen LogP contribution in [0, 0.1) is 6.92 Å². The molecule has 2 aromatic rings. The Hall–Kier alpha value is -1.33. The van der Waals surface area contributed by atoms with Crippen molar-refractivity contribution in [3.63, 3.8) is 0 Å². The molecular formula is C16H22BrN3O. The lowest BCUT2D eigenvalue weighted by molar-refractivity contribution is 0.286. The van der Waals surface area contributed by atoms with E-state index in [1.807, 2.05) is 16.9 Å². The lowest BCUT2D eigenvalue weighted by atomic mass is 10.1. The molecule has 114 valence electrons. The first-order valence-corrected chi connectivity index (χ1v) is 7.98. The van der Waals surface area contributed by atoms with Crippen LogP contribution in [0.4, 0.5) is 0 Å². The van der Waals surface area contributed by atoms with Crippen LogP contribution in [0.2, 0.25) is 0 Å². The highest BCUT2D eigenvalue weighted by atomic mass is 79.9. The molecule has 1 heterocycles. The number of hydrogen-bond donors (Lipinski definition) is 1. The van der Waals surface area contributed by atoms with Gasteiger partial charge in [-0.15, -0.1) is 0 Å². The molecule has 5 heteroatoms. The van der Waals surface area contributed by atoms with Crippen LogP contribution in [0.3, 0.4) is 0 Å². The van der Waals surface area contributed by atoms with Gasteiger partial charge in [-0.05, 0) is 30.7 Å². The number of aromatic nitrogens is 2. The van der Waals surface area contributed by atoms with Crippen LogP contribution < -0.4 is 10.1 Å². The standard InChI is InChI=1S/C16H22BrN3O/c1-12(2)18-11-14-10-15(17)9-13(3)16(14)21-8-7-20-6-4-5-19-20/h4-6,9-10,12,18H,7-8,11H2,1-3H3. The quantitative estimate of drug-likeness (QED) is 0.829. The molecule has 21 heavy (non-hydrogen) atoms. The second-order valence-electron chi connectivity index (χ2n) is 5.36. The van der Waals surface area contributed by atoms with Crippen molar-refractivity contribution in [2.45, 2.75) is 39.9 Å². The van der Waals surface area contributed by atoms with E-state index in [0.29, 0.717) is 12.6 Å². The molecule has 2 rings (SSSR count). The molecule has 0 atom stereocenters. The molecule has 1 aromatic carbocycles. The number of ether oxygens (including phenoxy) is 1. The maximum atomic E-state index is 6.01. The molecular weight excluding hydrogens is 330 g/mol. The summed E-state index contributed by atoms with van der Waals surface area (Å²) in [6, 6.07) is 6.57. The first-order valence-electron chi connectivity index (χ1n) is 7.19. The normalized spacial score (nSPS) is 11.1. The zero-order valence-corrected chi connectivity index (χ0v) is 14.4. The molecule has 0 amide bonds. The van der Waals surface area contributed by atoms with E-state index in [4.69, 9.17) is 4.74 Å². The van der Waals surface area contributed by atoms with Crippen LogP contribution in [0.5, 0.6) is 5.75 Å². The minimum Gasteiger partial charge on any atom is -0.491 e. The van der Waals surface area contributed by atoms with E-state index in [2.05, 4.69) is 59.2 Å². The van der Waals surface area contributed by atoms with Gasteiger partial charge in [0.15, 0.2) is 0 Å². The topological polar surface area (TPSA) is 39.1 Å². The number of nitrogens with one attached hydrogen (secondary N) is 1. The summed E-state index contributed by atoms with van der Waals surface area (Å²) in [4.78, 5) is 0. The van der Waals surface area contributed by atoms with E-state index in [1.54, 1.807) is 6.20 Å². The lowest BCUT2D eigenvalue weighted by Crippen LogP contribution is -2.22. The Bertz CT molecular complexity index is 567. The third-order valence-electron chi connectivity index (χ3n) is 3.14. The Morgan fingerprint density at radius 2 is 2.19 bits per heavy atom. The molecule has 0 saturated heterocycles. The molecule has 0 radical (unpaired) electrons. The number of hydrogen-bond acceptors (Lipinski definition) is 3. The predicted molar refractivity (Wildman–Crippen MR) is 88.6 cm³/mol. The van der Waals surface area contributed by atoms with Crippen molar-refractivity contribution < 1.29 is 4.74 Å². The zero-order chi connectivity index (χ0) is 15.2. The molecule has 1 N–H and O–H groups in total. The molecule has 0 fully saturated rings. The minimum absolute atomic E-state index is 0.446. The van der Waals surface area contributed by atoms with Crippen LogP contribution in [0.15, 0.2) is 35.1 Å². The zero-order valence-electron chi connectivity index (χ0n) is 12.8. The number of halogens is 1. The second-order valence-corrected chi connectivity index (χ2v) is 6.28. The van der Waals surface area contributed by atoms with E-state index in [9.17, 15) is 0 Å². The molecule has 0 bridgehead atoms. The fourth-order valence-electron chi connectivity index (χ4n) is 2.13. The van der Waals surface area contributed by atoms with Crippen LogP contribution in [-0.4, -0.2) is 22.4 Å². The number of aryl methyl sites for hydroxylation is 1. The maximum absolute atomic E-state index is 6.01. The van der Waals surface area contributed by atoms with Gasteiger partial charge in [-0.25, -0.2) is 0 Å². The van der Waals surface area contributed by atoms with Gasteiger partial charge in [-0.3, -0.25) is 4.68 Å². The number of benzene rings is 1. The van der Waals surface area contributed by atoms with Crippen molar-refractivity contribution in [2.75, 3.05) is 6.61 Å². The first-order chi connectivity index (χ1) is 10.1. The Morgan fingerprint density at radius 1 is 1.38 bits per heavy atom. The highest BCUT2D eigenvalue weighted by Gasteiger charge is 2.10. The van der Waals surface area contributed by atoms with Gasteiger partial charge in [0, 0.05) is 35.0 Å². The van der Waals surface area contributed by atoms with Gasteiger partial charge in [0.1, 0.15) is 12.4 Å². The van der Waals surface area contributed by atoms with Crippen LogP contribution >= 0.6 is 15.9 Å². The SMILES string of the molecule is Cc1cc(Br)cc(CNC(C)C)c1OCCn1cccn1. The highest BCUT2D eigenvalue weighted by molar-refractivity contribution is 9.10. The van der Waals surface area contributed by atoms with E-state index >= 15 is 0 Å². The van der Waals surface area contributed by atoms with Crippen LogP contribution in [0.1, 0.15) is 25.0 Å². The minimum atomic E-state index is 0.446.